The van der Waals surface area contributed by atoms with Crippen molar-refractivity contribution in [3.8, 4) is 0 Å². The van der Waals surface area contributed by atoms with E-state index in [-0.39, 0.29) is 5.41 Å². The van der Waals surface area contributed by atoms with E-state index in [1.807, 2.05) is 12.4 Å². The molecule has 3 heterocycles. The maximum absolute atomic E-state index is 4.52. The predicted octanol–water partition coefficient (Wildman–Crippen LogP) is 3.17. The molecular formula is C18H21N4+. The summed E-state index contributed by atoms with van der Waals surface area (Å²) in [5, 5.41) is 1.30. The third-order valence-corrected chi connectivity index (χ3v) is 4.57. The van der Waals surface area contributed by atoms with Crippen LogP contribution in [0.3, 0.4) is 0 Å². The van der Waals surface area contributed by atoms with E-state index >= 15 is 0 Å². The molecule has 0 spiro atoms. The Morgan fingerprint density at radius 3 is 2.59 bits per heavy atom. The molecule has 1 aromatic carbocycles. The maximum Gasteiger partial charge on any atom is 0.311 e. The molecular weight excluding hydrogens is 272 g/mol. The second-order valence-corrected chi connectivity index (χ2v) is 7.08. The normalized spacial score (nSPS) is 12.8. The monoisotopic (exact) mass is 293 g/mol. The molecule has 0 atom stereocenters. The number of hydrogen-bond donors (Lipinski definition) is 0. The molecule has 0 bridgehead atoms. The Morgan fingerprint density at radius 2 is 1.86 bits per heavy atom. The molecule has 0 N–H and O–H groups in total. The first kappa shape index (κ1) is 13.3. The minimum atomic E-state index is 0.129. The van der Waals surface area contributed by atoms with E-state index in [1.165, 1.54) is 27.7 Å². The van der Waals surface area contributed by atoms with Gasteiger partial charge >= 0.3 is 5.78 Å². The van der Waals surface area contributed by atoms with Gasteiger partial charge in [-0.05, 0) is 29.5 Å². The fourth-order valence-corrected chi connectivity index (χ4v) is 3.59. The van der Waals surface area contributed by atoms with Gasteiger partial charge in [0.2, 0.25) is 0 Å². The van der Waals surface area contributed by atoms with Crippen molar-refractivity contribution in [3.05, 3.63) is 48.0 Å². The number of aryl methyl sites for hydroxylation is 2. The van der Waals surface area contributed by atoms with E-state index in [9.17, 15) is 0 Å². The van der Waals surface area contributed by atoms with Crippen molar-refractivity contribution >= 4 is 22.3 Å². The molecule has 0 fully saturated rings. The third-order valence-electron chi connectivity index (χ3n) is 4.57. The Hall–Kier alpha value is -2.36. The van der Waals surface area contributed by atoms with E-state index in [4.69, 9.17) is 0 Å². The smallest absolute Gasteiger partial charge is 0.265 e. The van der Waals surface area contributed by atoms with Crippen LogP contribution in [-0.2, 0) is 12.5 Å². The Morgan fingerprint density at radius 1 is 1.09 bits per heavy atom. The third kappa shape index (κ3) is 1.58. The van der Waals surface area contributed by atoms with Gasteiger partial charge < -0.3 is 0 Å². The quantitative estimate of drug-likeness (QED) is 0.457. The molecule has 0 aliphatic carbocycles. The van der Waals surface area contributed by atoms with Crippen LogP contribution in [0.5, 0.6) is 0 Å². The SMILES string of the molecule is Cc1c(C(C)(C)C)ccc2c1c1n(cc[n+]1C)c1nccn21. The minimum absolute atomic E-state index is 0.129. The standard InChI is InChI=1S/C18H21N4/c1-12-13(18(2,3)4)6-7-14-15(12)16-20(5)10-11-22(16)17-19-8-9-21(14)17/h6-11H,1-5H3/q+1. The average molecular weight is 293 g/mol. The molecule has 0 amide bonds. The Kier molecular flexibility index (Phi) is 2.48. The summed E-state index contributed by atoms with van der Waals surface area (Å²) in [7, 11) is 2.09. The van der Waals surface area contributed by atoms with Gasteiger partial charge in [0.25, 0.3) is 5.65 Å². The number of aromatic nitrogens is 4. The summed E-state index contributed by atoms with van der Waals surface area (Å²) in [5.74, 6) is 0.950. The molecule has 112 valence electrons. The van der Waals surface area contributed by atoms with Gasteiger partial charge in [0.1, 0.15) is 12.4 Å². The van der Waals surface area contributed by atoms with Crippen LogP contribution in [0.1, 0.15) is 31.9 Å². The van der Waals surface area contributed by atoms with Crippen molar-refractivity contribution in [2.45, 2.75) is 33.1 Å². The number of nitrogens with zero attached hydrogens (tertiary/aromatic N) is 4. The first-order valence-corrected chi connectivity index (χ1v) is 7.65. The predicted molar refractivity (Wildman–Crippen MR) is 88.3 cm³/mol. The molecule has 0 unspecified atom stereocenters. The van der Waals surface area contributed by atoms with Gasteiger partial charge in [-0.2, -0.15) is 9.38 Å². The summed E-state index contributed by atoms with van der Waals surface area (Å²) in [4.78, 5) is 4.52. The molecule has 0 aliphatic heterocycles. The van der Waals surface area contributed by atoms with Crippen LogP contribution in [0.25, 0.3) is 22.3 Å². The van der Waals surface area contributed by atoms with Crippen molar-refractivity contribution in [1.29, 1.82) is 0 Å². The summed E-state index contributed by atoms with van der Waals surface area (Å²) in [6.45, 7) is 9.05. The van der Waals surface area contributed by atoms with Crippen LogP contribution in [0.15, 0.2) is 36.9 Å². The molecule has 4 nitrogen and oxygen atoms in total. The second-order valence-electron chi connectivity index (χ2n) is 7.08. The Balaban J connectivity index is 2.34. The lowest BCUT2D eigenvalue weighted by Gasteiger charge is -2.22. The van der Waals surface area contributed by atoms with Crippen LogP contribution in [0.2, 0.25) is 0 Å². The van der Waals surface area contributed by atoms with Gasteiger partial charge in [0.15, 0.2) is 0 Å². The summed E-state index contributed by atoms with van der Waals surface area (Å²) < 4.78 is 6.51. The van der Waals surface area contributed by atoms with Gasteiger partial charge in [0, 0.05) is 12.4 Å². The lowest BCUT2D eigenvalue weighted by atomic mass is 9.83. The van der Waals surface area contributed by atoms with Gasteiger partial charge in [-0.25, -0.2) is 4.57 Å². The van der Waals surface area contributed by atoms with Gasteiger partial charge in [-0.15, -0.1) is 0 Å². The van der Waals surface area contributed by atoms with Crippen molar-refractivity contribution < 1.29 is 4.57 Å². The first-order valence-electron chi connectivity index (χ1n) is 7.65. The molecule has 4 aromatic rings. The summed E-state index contributed by atoms with van der Waals surface area (Å²) in [6, 6.07) is 4.49. The molecule has 0 aliphatic rings. The number of rotatable bonds is 0. The number of benzene rings is 1. The largest absolute Gasteiger partial charge is 0.311 e. The highest BCUT2D eigenvalue weighted by Crippen LogP contribution is 2.32. The van der Waals surface area contributed by atoms with Gasteiger partial charge in [0.05, 0.1) is 18.0 Å². The highest BCUT2D eigenvalue weighted by molar-refractivity contribution is 5.95. The van der Waals surface area contributed by atoms with Crippen LogP contribution in [0.4, 0.5) is 0 Å². The Bertz CT molecular complexity index is 1030. The number of imidazole rings is 2. The molecule has 0 radical (unpaired) electrons. The highest BCUT2D eigenvalue weighted by Gasteiger charge is 2.24. The van der Waals surface area contributed by atoms with Crippen LogP contribution in [0, 0.1) is 6.92 Å². The van der Waals surface area contributed by atoms with Gasteiger partial charge in [-0.1, -0.05) is 26.8 Å². The first-order chi connectivity index (χ1) is 10.4. The topological polar surface area (TPSA) is 25.6 Å². The van der Waals surface area contributed by atoms with Crippen molar-refractivity contribution in [2.75, 3.05) is 0 Å². The zero-order chi connectivity index (χ0) is 15.6. The minimum Gasteiger partial charge on any atom is -0.265 e. The molecule has 4 heteroatoms. The lowest BCUT2D eigenvalue weighted by Crippen LogP contribution is -2.26. The van der Waals surface area contributed by atoms with Crippen LogP contribution in [-0.4, -0.2) is 13.8 Å². The fourth-order valence-electron chi connectivity index (χ4n) is 3.59. The molecule has 4 rings (SSSR count). The zero-order valence-electron chi connectivity index (χ0n) is 13.8. The molecule has 0 saturated carbocycles. The van der Waals surface area contributed by atoms with E-state index in [2.05, 4.69) is 77.6 Å². The molecule has 3 aromatic heterocycles. The second kappa shape index (κ2) is 4.09. The van der Waals surface area contributed by atoms with Crippen LogP contribution < -0.4 is 4.57 Å². The number of hydrogen-bond acceptors (Lipinski definition) is 1. The van der Waals surface area contributed by atoms with Crippen molar-refractivity contribution in [2.24, 2.45) is 7.05 Å². The molecule has 0 saturated heterocycles. The maximum atomic E-state index is 4.52. The highest BCUT2D eigenvalue weighted by atomic mass is 15.2. The summed E-state index contributed by atoms with van der Waals surface area (Å²) in [6.07, 6.45) is 8.07. The van der Waals surface area contributed by atoms with E-state index in [1.54, 1.807) is 0 Å². The van der Waals surface area contributed by atoms with E-state index in [0.717, 1.165) is 5.78 Å². The van der Waals surface area contributed by atoms with Crippen molar-refractivity contribution in [3.63, 3.8) is 0 Å². The summed E-state index contributed by atoms with van der Waals surface area (Å²) >= 11 is 0. The number of fused-ring (bicyclic) bond motifs is 6. The van der Waals surface area contributed by atoms with Crippen molar-refractivity contribution in [1.82, 2.24) is 13.8 Å². The van der Waals surface area contributed by atoms with E-state index in [0.29, 0.717) is 0 Å². The fraction of sp³-hybridized carbons (Fsp3) is 0.333. The summed E-state index contributed by atoms with van der Waals surface area (Å²) in [5.41, 5.74) is 5.27. The lowest BCUT2D eigenvalue weighted by molar-refractivity contribution is -0.643. The zero-order valence-corrected chi connectivity index (χ0v) is 13.8. The van der Waals surface area contributed by atoms with E-state index < -0.39 is 0 Å². The molecule has 22 heavy (non-hydrogen) atoms. The van der Waals surface area contributed by atoms with Gasteiger partial charge in [-0.3, -0.25) is 4.40 Å². The Labute approximate surface area is 129 Å². The van der Waals surface area contributed by atoms with Crippen LogP contribution >= 0.6 is 0 Å². The average Bonchev–Trinajstić information content (AvgIpc) is 3.04.